The van der Waals surface area contributed by atoms with Crippen LogP contribution in [0.2, 0.25) is 0 Å². The molecule has 17 heavy (non-hydrogen) atoms. The third-order valence-corrected chi connectivity index (χ3v) is 2.62. The highest BCUT2D eigenvalue weighted by molar-refractivity contribution is 5.26. The first-order chi connectivity index (χ1) is 8.22. The summed E-state index contributed by atoms with van der Waals surface area (Å²) in [6.45, 7) is 0.650. The van der Waals surface area contributed by atoms with Crippen molar-refractivity contribution in [2.24, 2.45) is 7.05 Å². The highest BCUT2D eigenvalue weighted by Crippen LogP contribution is 2.21. The molecule has 1 unspecified atom stereocenters. The van der Waals surface area contributed by atoms with E-state index in [1.54, 1.807) is 17.8 Å². The van der Waals surface area contributed by atoms with Crippen molar-refractivity contribution in [3.05, 3.63) is 41.5 Å². The number of nitrogens with one attached hydrogen (secondary N) is 1. The quantitative estimate of drug-likeness (QED) is 0.847. The van der Waals surface area contributed by atoms with E-state index in [-0.39, 0.29) is 11.7 Å². The van der Waals surface area contributed by atoms with Gasteiger partial charge in [0.25, 0.3) is 0 Å². The Bertz CT molecular complexity index is 496. The average Bonchev–Trinajstić information content (AvgIpc) is 2.72. The zero-order chi connectivity index (χ0) is 12.3. The van der Waals surface area contributed by atoms with Crippen LogP contribution in [0.5, 0.6) is 0 Å². The molecule has 0 aliphatic rings. The van der Waals surface area contributed by atoms with Crippen LogP contribution in [0.3, 0.4) is 0 Å². The molecule has 1 atom stereocenters. The maximum Gasteiger partial charge on any atom is 0.159 e. The molecule has 6 heteroatoms. The highest BCUT2D eigenvalue weighted by atomic mass is 19.1. The predicted octanol–water partition coefficient (Wildman–Crippen LogP) is 0.700. The van der Waals surface area contributed by atoms with Gasteiger partial charge in [0.2, 0.25) is 0 Å². The van der Waals surface area contributed by atoms with Crippen molar-refractivity contribution in [2.75, 3.05) is 13.6 Å². The molecule has 1 N–H and O–H groups in total. The largest absolute Gasteiger partial charge is 0.319 e. The molecule has 0 saturated heterocycles. The van der Waals surface area contributed by atoms with Crippen LogP contribution in [-0.4, -0.2) is 33.8 Å². The number of nitrogens with zero attached hydrogens (tertiary/aromatic N) is 4. The van der Waals surface area contributed by atoms with E-state index < -0.39 is 0 Å². The molecule has 1 aromatic heterocycles. The Labute approximate surface area is 98.6 Å². The zero-order valence-corrected chi connectivity index (χ0v) is 9.76. The fraction of sp³-hybridized carbons (Fsp3) is 0.364. The monoisotopic (exact) mass is 235 g/mol. The van der Waals surface area contributed by atoms with Gasteiger partial charge in [-0.2, -0.15) is 0 Å². The van der Waals surface area contributed by atoms with E-state index in [4.69, 9.17) is 0 Å². The smallest absolute Gasteiger partial charge is 0.159 e. The molecule has 0 bridgehead atoms. The summed E-state index contributed by atoms with van der Waals surface area (Å²) in [7, 11) is 3.62. The molecular formula is C11H14FN5. The predicted molar refractivity (Wildman–Crippen MR) is 61.0 cm³/mol. The fourth-order valence-corrected chi connectivity index (χ4v) is 1.82. The van der Waals surface area contributed by atoms with E-state index in [2.05, 4.69) is 20.8 Å². The van der Waals surface area contributed by atoms with E-state index in [9.17, 15) is 4.39 Å². The molecule has 0 spiro atoms. The van der Waals surface area contributed by atoms with Gasteiger partial charge in [-0.05, 0) is 35.2 Å². The van der Waals surface area contributed by atoms with Crippen LogP contribution in [-0.2, 0) is 7.05 Å². The van der Waals surface area contributed by atoms with Crippen LogP contribution in [0.25, 0.3) is 0 Å². The lowest BCUT2D eigenvalue weighted by molar-refractivity contribution is 0.597. The van der Waals surface area contributed by atoms with Gasteiger partial charge in [-0.3, -0.25) is 0 Å². The fourth-order valence-electron chi connectivity index (χ4n) is 1.82. The topological polar surface area (TPSA) is 55.6 Å². The van der Waals surface area contributed by atoms with Crippen LogP contribution >= 0.6 is 0 Å². The summed E-state index contributed by atoms with van der Waals surface area (Å²) < 4.78 is 14.8. The van der Waals surface area contributed by atoms with Crippen molar-refractivity contribution in [2.45, 2.75) is 5.92 Å². The molecule has 2 aromatic rings. The van der Waals surface area contributed by atoms with Crippen LogP contribution < -0.4 is 5.32 Å². The second-order valence-corrected chi connectivity index (χ2v) is 3.83. The summed E-state index contributed by atoms with van der Waals surface area (Å²) in [5, 5.41) is 14.5. The Hall–Kier alpha value is -1.82. The normalized spacial score (nSPS) is 12.6. The summed E-state index contributed by atoms with van der Waals surface area (Å²) >= 11 is 0. The van der Waals surface area contributed by atoms with Crippen molar-refractivity contribution in [1.29, 1.82) is 0 Å². The van der Waals surface area contributed by atoms with Gasteiger partial charge in [-0.25, -0.2) is 9.07 Å². The Morgan fingerprint density at radius 3 is 2.88 bits per heavy atom. The summed E-state index contributed by atoms with van der Waals surface area (Å²) in [5.41, 5.74) is 0.859. The average molecular weight is 235 g/mol. The SMILES string of the molecule is CNCC(c1cccc(F)c1)c1nnnn1C. The van der Waals surface area contributed by atoms with E-state index in [0.29, 0.717) is 12.4 Å². The molecule has 1 aromatic carbocycles. The maximum absolute atomic E-state index is 13.2. The summed E-state index contributed by atoms with van der Waals surface area (Å²) in [6, 6.07) is 6.50. The summed E-state index contributed by atoms with van der Waals surface area (Å²) in [4.78, 5) is 0. The number of halogens is 1. The van der Waals surface area contributed by atoms with E-state index in [0.717, 1.165) is 5.56 Å². The Balaban J connectivity index is 2.39. The molecule has 90 valence electrons. The number of aromatic nitrogens is 4. The minimum Gasteiger partial charge on any atom is -0.319 e. The molecule has 2 rings (SSSR count). The first-order valence-corrected chi connectivity index (χ1v) is 5.34. The van der Waals surface area contributed by atoms with Crippen LogP contribution in [0, 0.1) is 5.82 Å². The number of rotatable bonds is 4. The van der Waals surface area contributed by atoms with Crippen molar-refractivity contribution >= 4 is 0 Å². The molecular weight excluding hydrogens is 221 g/mol. The highest BCUT2D eigenvalue weighted by Gasteiger charge is 2.19. The molecule has 0 amide bonds. The molecule has 0 aliphatic carbocycles. The number of tetrazole rings is 1. The van der Waals surface area contributed by atoms with E-state index in [1.807, 2.05) is 13.1 Å². The lowest BCUT2D eigenvalue weighted by Crippen LogP contribution is -2.21. The number of benzene rings is 1. The molecule has 0 aliphatic heterocycles. The Morgan fingerprint density at radius 2 is 2.29 bits per heavy atom. The van der Waals surface area contributed by atoms with Gasteiger partial charge in [0.15, 0.2) is 5.82 Å². The van der Waals surface area contributed by atoms with Crippen molar-refractivity contribution in [3.63, 3.8) is 0 Å². The van der Waals surface area contributed by atoms with Crippen LogP contribution in [0.15, 0.2) is 24.3 Å². The molecule has 1 heterocycles. The molecule has 5 nitrogen and oxygen atoms in total. The minimum atomic E-state index is -0.251. The summed E-state index contributed by atoms with van der Waals surface area (Å²) in [6.07, 6.45) is 0. The van der Waals surface area contributed by atoms with Crippen LogP contribution in [0.4, 0.5) is 4.39 Å². The minimum absolute atomic E-state index is 0.0595. The van der Waals surface area contributed by atoms with Gasteiger partial charge in [0.05, 0.1) is 5.92 Å². The van der Waals surface area contributed by atoms with Crippen LogP contribution in [0.1, 0.15) is 17.3 Å². The molecule has 0 radical (unpaired) electrons. The standard InChI is InChI=1S/C11H14FN5/c1-13-7-10(11-14-15-16-17(11)2)8-4-3-5-9(12)6-8/h3-6,10,13H,7H2,1-2H3. The molecule has 0 saturated carbocycles. The zero-order valence-electron chi connectivity index (χ0n) is 9.76. The Morgan fingerprint density at radius 1 is 1.47 bits per heavy atom. The second-order valence-electron chi connectivity index (χ2n) is 3.83. The van der Waals surface area contributed by atoms with Crippen molar-refractivity contribution < 1.29 is 4.39 Å². The van der Waals surface area contributed by atoms with Gasteiger partial charge >= 0.3 is 0 Å². The maximum atomic E-state index is 13.2. The second kappa shape index (κ2) is 5.01. The van der Waals surface area contributed by atoms with Gasteiger partial charge in [0, 0.05) is 13.6 Å². The van der Waals surface area contributed by atoms with Crippen molar-refractivity contribution in [3.8, 4) is 0 Å². The lowest BCUT2D eigenvalue weighted by atomic mass is 9.98. The van der Waals surface area contributed by atoms with Crippen molar-refractivity contribution in [1.82, 2.24) is 25.5 Å². The third kappa shape index (κ3) is 2.47. The number of aryl methyl sites for hydroxylation is 1. The first-order valence-electron chi connectivity index (χ1n) is 5.34. The van der Waals surface area contributed by atoms with E-state index >= 15 is 0 Å². The van der Waals surface area contributed by atoms with E-state index in [1.165, 1.54) is 12.1 Å². The first kappa shape index (κ1) is 11.7. The Kier molecular flexibility index (Phi) is 3.43. The van der Waals surface area contributed by atoms with Gasteiger partial charge in [0.1, 0.15) is 5.82 Å². The number of hydrogen-bond donors (Lipinski definition) is 1. The van der Waals surface area contributed by atoms with Gasteiger partial charge < -0.3 is 5.32 Å². The van der Waals surface area contributed by atoms with Gasteiger partial charge in [-0.1, -0.05) is 12.1 Å². The lowest BCUT2D eigenvalue weighted by Gasteiger charge is -2.15. The number of likely N-dealkylation sites (N-methyl/N-ethyl adjacent to an activating group) is 1. The summed E-state index contributed by atoms with van der Waals surface area (Å²) in [5.74, 6) is 0.402. The molecule has 0 fully saturated rings. The number of hydrogen-bond acceptors (Lipinski definition) is 4. The van der Waals surface area contributed by atoms with Gasteiger partial charge in [-0.15, -0.1) is 5.10 Å². The third-order valence-electron chi connectivity index (χ3n) is 2.62.